The molecule has 0 aliphatic carbocycles. The van der Waals surface area contributed by atoms with Crippen molar-refractivity contribution < 1.29 is 0 Å². The Hall–Kier alpha value is -0.600. The lowest BCUT2D eigenvalue weighted by atomic mass is 10.0. The van der Waals surface area contributed by atoms with E-state index < -0.39 is 0 Å². The monoisotopic (exact) mass is 253 g/mol. The molecule has 1 N–H and O–H groups in total. The van der Waals surface area contributed by atoms with Crippen molar-refractivity contribution in [3.8, 4) is 0 Å². The third-order valence-corrected chi connectivity index (χ3v) is 3.10. The second-order valence-electron chi connectivity index (χ2n) is 3.48. The fourth-order valence-corrected chi connectivity index (χ4v) is 1.85. The van der Waals surface area contributed by atoms with Gasteiger partial charge in [0, 0.05) is 10.5 Å². The minimum atomic E-state index is 0.355. The van der Waals surface area contributed by atoms with Crippen LogP contribution >= 0.6 is 15.9 Å². The van der Waals surface area contributed by atoms with Gasteiger partial charge in [0.05, 0.1) is 0 Å². The maximum atomic E-state index is 3.97. The average molecular weight is 254 g/mol. The number of rotatable bonds is 4. The first-order valence-electron chi connectivity index (χ1n) is 4.71. The summed E-state index contributed by atoms with van der Waals surface area (Å²) < 4.78 is 1.17. The van der Waals surface area contributed by atoms with Crippen LogP contribution in [0.4, 0.5) is 0 Å². The number of halogens is 1. The first kappa shape index (κ1) is 11.5. The summed E-state index contributed by atoms with van der Waals surface area (Å²) in [5.41, 5.74) is 2.48. The van der Waals surface area contributed by atoms with E-state index in [1.165, 1.54) is 15.6 Å². The summed E-state index contributed by atoms with van der Waals surface area (Å²) in [4.78, 5) is 0. The van der Waals surface area contributed by atoms with Crippen molar-refractivity contribution in [1.29, 1.82) is 0 Å². The van der Waals surface area contributed by atoms with Crippen molar-refractivity contribution in [2.45, 2.75) is 19.4 Å². The van der Waals surface area contributed by atoms with Crippen LogP contribution in [0.2, 0.25) is 0 Å². The first-order valence-corrected chi connectivity index (χ1v) is 5.50. The average Bonchev–Trinajstić information content (AvgIpc) is 2.16. The first-order chi connectivity index (χ1) is 6.65. The van der Waals surface area contributed by atoms with Gasteiger partial charge in [0.1, 0.15) is 0 Å². The molecule has 1 aromatic carbocycles. The molecule has 0 fully saturated rings. The number of hydrogen-bond acceptors (Lipinski definition) is 1. The van der Waals surface area contributed by atoms with Crippen LogP contribution < -0.4 is 5.32 Å². The Bertz CT molecular complexity index is 320. The zero-order valence-corrected chi connectivity index (χ0v) is 10.3. The van der Waals surface area contributed by atoms with Gasteiger partial charge in [-0.25, -0.2) is 0 Å². The second-order valence-corrected chi connectivity index (χ2v) is 4.34. The SMILES string of the molecule is C=C(C)C(Cc1ccccc1Br)NC. The number of benzene rings is 1. The molecule has 0 radical (unpaired) electrons. The molecule has 1 aromatic rings. The Morgan fingerprint density at radius 3 is 2.64 bits per heavy atom. The summed E-state index contributed by atoms with van der Waals surface area (Å²) in [6, 6.07) is 8.65. The van der Waals surface area contributed by atoms with Gasteiger partial charge in [0.25, 0.3) is 0 Å². The Labute approximate surface area is 94.3 Å². The maximum absolute atomic E-state index is 3.97. The lowest BCUT2D eigenvalue weighted by Gasteiger charge is -2.16. The zero-order valence-electron chi connectivity index (χ0n) is 8.68. The summed E-state index contributed by atoms with van der Waals surface area (Å²) in [5.74, 6) is 0. The van der Waals surface area contributed by atoms with Gasteiger partial charge >= 0.3 is 0 Å². The standard InChI is InChI=1S/C12H16BrN/c1-9(2)12(14-3)8-10-6-4-5-7-11(10)13/h4-7,12,14H,1,8H2,2-3H3. The van der Waals surface area contributed by atoms with Crippen LogP contribution in [-0.4, -0.2) is 13.1 Å². The topological polar surface area (TPSA) is 12.0 Å². The molecule has 0 aliphatic rings. The molecule has 76 valence electrons. The molecule has 1 rings (SSSR count). The van der Waals surface area contributed by atoms with Crippen molar-refractivity contribution in [2.75, 3.05) is 7.05 Å². The molecule has 1 atom stereocenters. The highest BCUT2D eigenvalue weighted by Gasteiger charge is 2.09. The fraction of sp³-hybridized carbons (Fsp3) is 0.333. The second kappa shape index (κ2) is 5.32. The Kier molecular flexibility index (Phi) is 4.36. The number of hydrogen-bond donors (Lipinski definition) is 1. The quantitative estimate of drug-likeness (QED) is 0.814. The molecule has 14 heavy (non-hydrogen) atoms. The van der Waals surface area contributed by atoms with Crippen LogP contribution in [0.25, 0.3) is 0 Å². The molecule has 0 bridgehead atoms. The van der Waals surface area contributed by atoms with E-state index in [-0.39, 0.29) is 0 Å². The number of likely N-dealkylation sites (N-methyl/N-ethyl adjacent to an activating group) is 1. The highest BCUT2D eigenvalue weighted by atomic mass is 79.9. The molecule has 1 unspecified atom stereocenters. The molecule has 2 heteroatoms. The van der Waals surface area contributed by atoms with Crippen molar-refractivity contribution in [3.05, 3.63) is 46.5 Å². The van der Waals surface area contributed by atoms with Gasteiger partial charge in [0.15, 0.2) is 0 Å². The molecule has 1 nitrogen and oxygen atoms in total. The summed E-state index contributed by atoms with van der Waals surface area (Å²) in [5, 5.41) is 3.26. The smallest absolute Gasteiger partial charge is 0.0312 e. The number of nitrogens with one attached hydrogen (secondary N) is 1. The van der Waals surface area contributed by atoms with E-state index in [1.807, 2.05) is 13.1 Å². The Morgan fingerprint density at radius 2 is 2.14 bits per heavy atom. The molecule has 0 heterocycles. The Morgan fingerprint density at radius 1 is 1.50 bits per heavy atom. The van der Waals surface area contributed by atoms with E-state index in [1.54, 1.807) is 0 Å². The predicted molar refractivity (Wildman–Crippen MR) is 65.5 cm³/mol. The molecule has 0 spiro atoms. The van der Waals surface area contributed by atoms with Gasteiger partial charge in [-0.05, 0) is 32.0 Å². The maximum Gasteiger partial charge on any atom is 0.0312 e. The minimum Gasteiger partial charge on any atom is -0.313 e. The van der Waals surface area contributed by atoms with Gasteiger partial charge in [0.2, 0.25) is 0 Å². The molecule has 0 aliphatic heterocycles. The Balaban J connectivity index is 2.77. The highest BCUT2D eigenvalue weighted by Crippen LogP contribution is 2.18. The van der Waals surface area contributed by atoms with E-state index in [2.05, 4.69) is 52.9 Å². The molecule has 0 saturated heterocycles. The van der Waals surface area contributed by atoms with Gasteiger partial charge < -0.3 is 5.32 Å². The summed E-state index contributed by atoms with van der Waals surface area (Å²) in [6.45, 7) is 6.03. The fourth-order valence-electron chi connectivity index (χ4n) is 1.41. The van der Waals surface area contributed by atoms with Crippen molar-refractivity contribution >= 4 is 15.9 Å². The summed E-state index contributed by atoms with van der Waals surface area (Å²) in [7, 11) is 1.97. The van der Waals surface area contributed by atoms with Crippen molar-refractivity contribution in [2.24, 2.45) is 0 Å². The van der Waals surface area contributed by atoms with Crippen molar-refractivity contribution in [3.63, 3.8) is 0 Å². The van der Waals surface area contributed by atoms with E-state index in [4.69, 9.17) is 0 Å². The van der Waals surface area contributed by atoms with Crippen molar-refractivity contribution in [1.82, 2.24) is 5.32 Å². The molecule has 0 aromatic heterocycles. The lowest BCUT2D eigenvalue weighted by Crippen LogP contribution is -2.28. The van der Waals surface area contributed by atoms with Gasteiger partial charge in [-0.3, -0.25) is 0 Å². The largest absolute Gasteiger partial charge is 0.313 e. The van der Waals surface area contributed by atoms with Crippen LogP contribution in [0.1, 0.15) is 12.5 Å². The van der Waals surface area contributed by atoms with E-state index in [9.17, 15) is 0 Å². The summed E-state index contributed by atoms with van der Waals surface area (Å²) in [6.07, 6.45) is 0.979. The van der Waals surface area contributed by atoms with Crippen LogP contribution in [-0.2, 0) is 6.42 Å². The van der Waals surface area contributed by atoms with E-state index >= 15 is 0 Å². The predicted octanol–water partition coefficient (Wildman–Crippen LogP) is 3.16. The molecule has 0 amide bonds. The van der Waals surface area contributed by atoms with E-state index in [0.29, 0.717) is 6.04 Å². The van der Waals surface area contributed by atoms with Gasteiger partial charge in [-0.1, -0.05) is 46.3 Å². The summed E-state index contributed by atoms with van der Waals surface area (Å²) >= 11 is 3.55. The van der Waals surface area contributed by atoms with Gasteiger partial charge in [-0.15, -0.1) is 0 Å². The molecule has 0 saturated carbocycles. The van der Waals surface area contributed by atoms with Gasteiger partial charge in [-0.2, -0.15) is 0 Å². The van der Waals surface area contributed by atoms with Crippen LogP contribution in [0.5, 0.6) is 0 Å². The van der Waals surface area contributed by atoms with Crippen LogP contribution in [0.3, 0.4) is 0 Å². The normalized spacial score (nSPS) is 12.5. The lowest BCUT2D eigenvalue weighted by molar-refractivity contribution is 0.633. The third kappa shape index (κ3) is 2.96. The third-order valence-electron chi connectivity index (χ3n) is 2.33. The van der Waals surface area contributed by atoms with Crippen LogP contribution in [0, 0.1) is 0 Å². The highest BCUT2D eigenvalue weighted by molar-refractivity contribution is 9.10. The van der Waals surface area contributed by atoms with Crippen LogP contribution in [0.15, 0.2) is 40.9 Å². The minimum absolute atomic E-state index is 0.355. The molecular formula is C12H16BrN. The van der Waals surface area contributed by atoms with E-state index in [0.717, 1.165) is 6.42 Å². The zero-order chi connectivity index (χ0) is 10.6. The molecular weight excluding hydrogens is 238 g/mol.